The average molecular weight is 325 g/mol. The molecule has 0 aliphatic heterocycles. The summed E-state index contributed by atoms with van der Waals surface area (Å²) in [5.41, 5.74) is 1.21. The highest BCUT2D eigenvalue weighted by Gasteiger charge is 2.12. The Morgan fingerprint density at radius 1 is 1.39 bits per heavy atom. The fraction of sp³-hybridized carbons (Fsp3) is 0.214. The van der Waals surface area contributed by atoms with Crippen molar-refractivity contribution in [3.8, 4) is 5.75 Å². The molecule has 0 saturated heterocycles. The van der Waals surface area contributed by atoms with Crippen molar-refractivity contribution in [1.29, 1.82) is 0 Å². The zero-order valence-electron chi connectivity index (χ0n) is 9.98. The van der Waals surface area contributed by atoms with E-state index in [1.165, 1.54) is 16.9 Å². The van der Waals surface area contributed by atoms with Gasteiger partial charge >= 0.3 is 0 Å². The van der Waals surface area contributed by atoms with Crippen LogP contribution in [0.15, 0.2) is 40.2 Å². The number of ether oxygens (including phenoxy) is 1. The molecule has 0 aliphatic rings. The van der Waals surface area contributed by atoms with Gasteiger partial charge in [0, 0.05) is 4.47 Å². The normalized spacial score (nSPS) is 10.3. The highest BCUT2D eigenvalue weighted by atomic mass is 79.9. The van der Waals surface area contributed by atoms with Gasteiger partial charge in [-0.05, 0) is 51.5 Å². The zero-order chi connectivity index (χ0) is 13.0. The average Bonchev–Trinajstić information content (AvgIpc) is 2.82. The molecule has 2 rings (SSSR count). The topological polar surface area (TPSA) is 26.3 Å². The fourth-order valence-corrected chi connectivity index (χ4v) is 3.08. The second-order valence-corrected chi connectivity index (χ2v) is 5.58. The van der Waals surface area contributed by atoms with Crippen LogP contribution in [0.2, 0.25) is 0 Å². The number of ketones is 1. The number of carbonyl (C=O) groups is 1. The summed E-state index contributed by atoms with van der Waals surface area (Å²) in [5, 5.41) is 1.88. The summed E-state index contributed by atoms with van der Waals surface area (Å²) in [5.74, 6) is 0.745. The van der Waals surface area contributed by atoms with Gasteiger partial charge in [-0.1, -0.05) is 19.1 Å². The van der Waals surface area contributed by atoms with E-state index in [9.17, 15) is 4.79 Å². The lowest BCUT2D eigenvalue weighted by atomic mass is 10.2. The molecule has 18 heavy (non-hydrogen) atoms. The van der Waals surface area contributed by atoms with E-state index in [-0.39, 0.29) is 12.4 Å². The molecule has 0 atom stereocenters. The third-order valence-electron chi connectivity index (χ3n) is 2.55. The second kappa shape index (κ2) is 6.16. The van der Waals surface area contributed by atoms with Crippen LogP contribution in [-0.2, 0) is 6.42 Å². The second-order valence-electron chi connectivity index (χ2n) is 3.81. The standard InChI is InChI=1S/C14H13BrO2S/c1-2-10-4-3-5-11(8-10)17-9-13(16)14-12(15)6-7-18-14/h3-8H,2,9H2,1H3. The highest BCUT2D eigenvalue weighted by Crippen LogP contribution is 2.23. The molecule has 2 aromatic rings. The minimum absolute atomic E-state index is 0.00113. The molecular weight excluding hydrogens is 312 g/mol. The third-order valence-corrected chi connectivity index (χ3v) is 4.43. The summed E-state index contributed by atoms with van der Waals surface area (Å²) in [6.07, 6.45) is 0.960. The van der Waals surface area contributed by atoms with Crippen molar-refractivity contribution in [3.63, 3.8) is 0 Å². The van der Waals surface area contributed by atoms with Crippen molar-refractivity contribution in [1.82, 2.24) is 0 Å². The maximum absolute atomic E-state index is 11.9. The van der Waals surface area contributed by atoms with Crippen LogP contribution in [0.25, 0.3) is 0 Å². The summed E-state index contributed by atoms with van der Waals surface area (Å²) in [6.45, 7) is 2.17. The van der Waals surface area contributed by atoms with Crippen molar-refractivity contribution in [2.24, 2.45) is 0 Å². The molecule has 0 unspecified atom stereocenters. The molecule has 0 aliphatic carbocycles. The molecule has 0 spiro atoms. The molecule has 1 aromatic carbocycles. The van der Waals surface area contributed by atoms with E-state index in [0.29, 0.717) is 4.88 Å². The fourth-order valence-electron chi connectivity index (χ4n) is 1.56. The van der Waals surface area contributed by atoms with Crippen LogP contribution in [0.4, 0.5) is 0 Å². The number of rotatable bonds is 5. The van der Waals surface area contributed by atoms with E-state index in [1.807, 2.05) is 35.7 Å². The first-order chi connectivity index (χ1) is 8.70. The Morgan fingerprint density at radius 2 is 2.22 bits per heavy atom. The van der Waals surface area contributed by atoms with Gasteiger partial charge in [0.1, 0.15) is 5.75 Å². The Morgan fingerprint density at radius 3 is 2.89 bits per heavy atom. The van der Waals surface area contributed by atoms with Crippen LogP contribution >= 0.6 is 27.3 Å². The molecule has 4 heteroatoms. The van der Waals surface area contributed by atoms with Gasteiger partial charge in [0.25, 0.3) is 0 Å². The summed E-state index contributed by atoms with van der Waals surface area (Å²) < 4.78 is 6.36. The summed E-state index contributed by atoms with van der Waals surface area (Å²) in [6, 6.07) is 9.70. The molecule has 0 amide bonds. The number of hydrogen-bond donors (Lipinski definition) is 0. The molecule has 2 nitrogen and oxygen atoms in total. The van der Waals surface area contributed by atoms with Crippen LogP contribution < -0.4 is 4.74 Å². The lowest BCUT2D eigenvalue weighted by Gasteiger charge is -2.06. The molecule has 1 aromatic heterocycles. The molecule has 1 heterocycles. The first-order valence-corrected chi connectivity index (χ1v) is 7.36. The molecule has 0 N–H and O–H groups in total. The summed E-state index contributed by atoms with van der Waals surface area (Å²) >= 11 is 4.77. The lowest BCUT2D eigenvalue weighted by molar-refractivity contribution is 0.0925. The Balaban J connectivity index is 1.99. The predicted molar refractivity (Wildman–Crippen MR) is 77.7 cm³/mol. The van der Waals surface area contributed by atoms with Crippen molar-refractivity contribution < 1.29 is 9.53 Å². The molecule has 0 saturated carbocycles. The van der Waals surface area contributed by atoms with Crippen molar-refractivity contribution in [3.05, 3.63) is 50.6 Å². The lowest BCUT2D eigenvalue weighted by Crippen LogP contribution is -2.10. The SMILES string of the molecule is CCc1cccc(OCC(=O)c2sccc2Br)c1. The third kappa shape index (κ3) is 3.21. The van der Waals surface area contributed by atoms with E-state index in [2.05, 4.69) is 22.9 Å². The van der Waals surface area contributed by atoms with E-state index < -0.39 is 0 Å². The monoisotopic (exact) mass is 324 g/mol. The first kappa shape index (κ1) is 13.3. The van der Waals surface area contributed by atoms with Gasteiger partial charge in [-0.15, -0.1) is 11.3 Å². The van der Waals surface area contributed by atoms with Crippen LogP contribution in [0, 0.1) is 0 Å². The quantitative estimate of drug-likeness (QED) is 0.765. The predicted octanol–water partition coefficient (Wildman–Crippen LogP) is 4.33. The molecule has 94 valence electrons. The minimum atomic E-state index is -0.00113. The number of halogens is 1. The van der Waals surface area contributed by atoms with E-state index >= 15 is 0 Å². The van der Waals surface area contributed by atoms with Gasteiger partial charge in [0.2, 0.25) is 5.78 Å². The summed E-state index contributed by atoms with van der Waals surface area (Å²) in [4.78, 5) is 12.6. The molecule has 0 fully saturated rings. The minimum Gasteiger partial charge on any atom is -0.485 e. The van der Waals surface area contributed by atoms with Gasteiger partial charge in [-0.25, -0.2) is 0 Å². The summed E-state index contributed by atoms with van der Waals surface area (Å²) in [7, 11) is 0. The number of hydrogen-bond acceptors (Lipinski definition) is 3. The Labute approximate surface area is 119 Å². The van der Waals surface area contributed by atoms with Gasteiger partial charge in [-0.3, -0.25) is 4.79 Å². The van der Waals surface area contributed by atoms with Gasteiger partial charge in [0.15, 0.2) is 6.61 Å². The smallest absolute Gasteiger partial charge is 0.211 e. The number of carbonyl (C=O) groups excluding carboxylic acids is 1. The van der Waals surface area contributed by atoms with Gasteiger partial charge in [-0.2, -0.15) is 0 Å². The zero-order valence-corrected chi connectivity index (χ0v) is 12.4. The van der Waals surface area contributed by atoms with Crippen LogP contribution in [0.1, 0.15) is 22.2 Å². The van der Waals surface area contributed by atoms with Gasteiger partial charge in [0.05, 0.1) is 4.88 Å². The van der Waals surface area contributed by atoms with Crippen LogP contribution in [0.5, 0.6) is 5.75 Å². The number of aryl methyl sites for hydroxylation is 1. The Hall–Kier alpha value is -1.13. The van der Waals surface area contributed by atoms with E-state index in [1.54, 1.807) is 0 Å². The van der Waals surface area contributed by atoms with Crippen molar-refractivity contribution in [2.75, 3.05) is 6.61 Å². The Bertz CT molecular complexity index is 548. The maximum atomic E-state index is 11.9. The highest BCUT2D eigenvalue weighted by molar-refractivity contribution is 9.10. The molecule has 0 bridgehead atoms. The molecule has 0 radical (unpaired) electrons. The number of Topliss-reactive ketones (excluding diaryl/α,β-unsaturated/α-hetero) is 1. The first-order valence-electron chi connectivity index (χ1n) is 5.68. The number of benzene rings is 1. The number of thiophene rings is 1. The Kier molecular flexibility index (Phi) is 4.55. The van der Waals surface area contributed by atoms with Crippen molar-refractivity contribution >= 4 is 33.0 Å². The van der Waals surface area contributed by atoms with Gasteiger partial charge < -0.3 is 4.74 Å². The van der Waals surface area contributed by atoms with Crippen LogP contribution in [0.3, 0.4) is 0 Å². The largest absolute Gasteiger partial charge is 0.485 e. The maximum Gasteiger partial charge on any atom is 0.211 e. The molecular formula is C14H13BrO2S. The van der Waals surface area contributed by atoms with Crippen LogP contribution in [-0.4, -0.2) is 12.4 Å². The van der Waals surface area contributed by atoms with E-state index in [4.69, 9.17) is 4.74 Å². The van der Waals surface area contributed by atoms with E-state index in [0.717, 1.165) is 16.6 Å². The van der Waals surface area contributed by atoms with Crippen molar-refractivity contribution in [2.45, 2.75) is 13.3 Å².